The highest BCUT2D eigenvalue weighted by Crippen LogP contribution is 2.16. The number of carbonyl (C=O) groups excluding carboxylic acids is 1. The van der Waals surface area contributed by atoms with E-state index in [9.17, 15) is 4.79 Å². The van der Waals surface area contributed by atoms with Gasteiger partial charge in [-0.2, -0.15) is 5.26 Å². The molecule has 0 spiro atoms. The Labute approximate surface area is 187 Å². The number of carbonyl (C=O) groups is 1. The monoisotopic (exact) mass is 437 g/mol. The summed E-state index contributed by atoms with van der Waals surface area (Å²) in [6.07, 6.45) is 0.216. The lowest BCUT2D eigenvalue weighted by Gasteiger charge is -2.41. The van der Waals surface area contributed by atoms with Crippen LogP contribution in [0.5, 0.6) is 5.75 Å². The van der Waals surface area contributed by atoms with E-state index in [2.05, 4.69) is 11.4 Å². The van der Waals surface area contributed by atoms with Crippen LogP contribution in [0.15, 0.2) is 54.6 Å². The van der Waals surface area contributed by atoms with Gasteiger partial charge in [0.05, 0.1) is 43.5 Å². The molecule has 5 rings (SSSR count). The number of amides is 1. The lowest BCUT2D eigenvalue weighted by atomic mass is 10.1. The van der Waals surface area contributed by atoms with Gasteiger partial charge in [0.15, 0.2) is 0 Å². The molecule has 3 aliphatic rings. The summed E-state index contributed by atoms with van der Waals surface area (Å²) in [7, 11) is 0. The van der Waals surface area contributed by atoms with Crippen LogP contribution in [0.25, 0.3) is 0 Å². The van der Waals surface area contributed by atoms with Gasteiger partial charge in [0.2, 0.25) is 0 Å². The van der Waals surface area contributed by atoms with Gasteiger partial charge >= 0.3 is 6.09 Å². The zero-order chi connectivity index (χ0) is 22.2. The van der Waals surface area contributed by atoms with E-state index in [0.717, 1.165) is 31.0 Å². The van der Waals surface area contributed by atoms with Gasteiger partial charge in [-0.3, -0.25) is 0 Å². The summed E-state index contributed by atoms with van der Waals surface area (Å²) >= 11 is 0. The summed E-state index contributed by atoms with van der Waals surface area (Å²) in [4.78, 5) is 13.8. The second kappa shape index (κ2) is 11.0. The highest BCUT2D eigenvalue weighted by molar-refractivity contribution is 5.67. The van der Waals surface area contributed by atoms with Gasteiger partial charge in [-0.15, -0.1) is 0 Å². The number of morpholine rings is 2. The number of nitrogens with zero attached hydrogens (tertiary/aromatic N) is 2. The summed E-state index contributed by atoms with van der Waals surface area (Å²) in [5, 5.41) is 11.8. The lowest BCUT2D eigenvalue weighted by Crippen LogP contribution is -2.59. The summed E-state index contributed by atoms with van der Waals surface area (Å²) in [5.74, 6) is 0.787. The first-order valence-electron chi connectivity index (χ1n) is 10.8. The Morgan fingerprint density at radius 1 is 1.09 bits per heavy atom. The van der Waals surface area contributed by atoms with Gasteiger partial charge in [-0.1, -0.05) is 30.3 Å². The van der Waals surface area contributed by atoms with Gasteiger partial charge in [0.25, 0.3) is 0 Å². The van der Waals surface area contributed by atoms with Crippen molar-refractivity contribution >= 4 is 6.09 Å². The third-order valence-corrected chi connectivity index (χ3v) is 5.26. The van der Waals surface area contributed by atoms with E-state index in [0.29, 0.717) is 31.9 Å². The highest BCUT2D eigenvalue weighted by Gasteiger charge is 2.33. The molecule has 3 atom stereocenters. The van der Waals surface area contributed by atoms with Gasteiger partial charge < -0.3 is 29.2 Å². The van der Waals surface area contributed by atoms with Crippen molar-refractivity contribution in [2.24, 2.45) is 0 Å². The molecule has 3 aliphatic heterocycles. The van der Waals surface area contributed by atoms with E-state index in [1.807, 2.05) is 30.3 Å². The van der Waals surface area contributed by atoms with Gasteiger partial charge in [-0.25, -0.2) is 4.79 Å². The van der Waals surface area contributed by atoms with Crippen LogP contribution in [-0.2, 0) is 20.8 Å². The molecule has 1 N–H and O–H groups in total. The number of benzene rings is 2. The first-order chi connectivity index (χ1) is 15.7. The molecule has 32 heavy (non-hydrogen) atoms. The third kappa shape index (κ3) is 6.69. The fraction of sp³-hybridized carbons (Fsp3) is 0.417. The molecule has 0 aromatic heterocycles. The molecule has 0 saturated carbocycles. The first kappa shape index (κ1) is 22.1. The fourth-order valence-corrected chi connectivity index (χ4v) is 3.49. The van der Waals surface area contributed by atoms with Crippen LogP contribution in [0.3, 0.4) is 0 Å². The average Bonchev–Trinajstić information content (AvgIpc) is 3.67. The predicted octanol–water partition coefficient (Wildman–Crippen LogP) is 2.33. The second-order valence-electron chi connectivity index (χ2n) is 7.89. The molecule has 8 heteroatoms. The minimum atomic E-state index is -0.246. The molecule has 168 valence electrons. The van der Waals surface area contributed by atoms with Crippen LogP contribution in [0, 0.1) is 11.3 Å². The minimum Gasteiger partial charge on any atom is -0.491 e. The van der Waals surface area contributed by atoms with E-state index in [1.54, 1.807) is 29.2 Å². The van der Waals surface area contributed by atoms with Crippen LogP contribution >= 0.6 is 0 Å². The summed E-state index contributed by atoms with van der Waals surface area (Å²) in [6, 6.07) is 18.8. The number of hydrogen-bond acceptors (Lipinski definition) is 7. The molecule has 2 unspecified atom stereocenters. The van der Waals surface area contributed by atoms with Gasteiger partial charge in [-0.05, 0) is 29.8 Å². The molecule has 3 heterocycles. The zero-order valence-corrected chi connectivity index (χ0v) is 17.8. The van der Waals surface area contributed by atoms with Crippen LogP contribution in [0.2, 0.25) is 0 Å². The van der Waals surface area contributed by atoms with Crippen molar-refractivity contribution in [2.45, 2.75) is 24.9 Å². The Kier molecular flexibility index (Phi) is 7.56. The Morgan fingerprint density at radius 3 is 2.41 bits per heavy atom. The van der Waals surface area contributed by atoms with E-state index in [4.69, 9.17) is 24.2 Å². The van der Waals surface area contributed by atoms with E-state index >= 15 is 0 Å². The number of nitrogens with one attached hydrogen (secondary N) is 1. The van der Waals surface area contributed by atoms with Crippen LogP contribution in [-0.4, -0.2) is 68.7 Å². The standard InChI is InChI=1S/C14H18N2O3.C10H9NO2/c17-14(18-10-11-4-2-1-3-5-11)16-8-12-6-15-7-13(9-16)19-12;11-5-8-1-3-9(4-2-8)12-6-10-7-13-10/h1-5,12-13,15H,6-10H2;1-4,10H,6-7H2/t;10-/m.1/s1. The quantitative estimate of drug-likeness (QED) is 0.717. The number of rotatable bonds is 5. The van der Waals surface area contributed by atoms with Crippen molar-refractivity contribution in [3.05, 3.63) is 65.7 Å². The second-order valence-corrected chi connectivity index (χ2v) is 7.89. The molecule has 2 aromatic rings. The van der Waals surface area contributed by atoms with Crippen molar-refractivity contribution in [1.29, 1.82) is 5.26 Å². The molecular formula is C24H27N3O5. The number of ether oxygens (including phenoxy) is 4. The topological polar surface area (TPSA) is 96.3 Å². The summed E-state index contributed by atoms with van der Waals surface area (Å²) < 4.78 is 21.5. The Balaban J connectivity index is 0.000000165. The maximum atomic E-state index is 12.0. The predicted molar refractivity (Wildman–Crippen MR) is 116 cm³/mol. The van der Waals surface area contributed by atoms with Crippen molar-refractivity contribution in [3.63, 3.8) is 0 Å². The van der Waals surface area contributed by atoms with Crippen LogP contribution in [0.4, 0.5) is 4.79 Å². The van der Waals surface area contributed by atoms with Crippen molar-refractivity contribution < 1.29 is 23.7 Å². The Hall–Kier alpha value is -3.12. The third-order valence-electron chi connectivity index (χ3n) is 5.26. The van der Waals surface area contributed by atoms with Gasteiger partial charge in [0, 0.05) is 13.1 Å². The summed E-state index contributed by atoms with van der Waals surface area (Å²) in [5.41, 5.74) is 1.65. The zero-order valence-electron chi connectivity index (χ0n) is 17.8. The molecule has 2 aromatic carbocycles. The largest absolute Gasteiger partial charge is 0.491 e. The van der Waals surface area contributed by atoms with Crippen LogP contribution < -0.4 is 10.1 Å². The highest BCUT2D eigenvalue weighted by atomic mass is 16.6. The molecule has 0 aliphatic carbocycles. The Morgan fingerprint density at radius 2 is 1.78 bits per heavy atom. The molecule has 2 bridgehead atoms. The van der Waals surface area contributed by atoms with E-state index in [1.165, 1.54) is 0 Å². The molecular weight excluding hydrogens is 410 g/mol. The lowest BCUT2D eigenvalue weighted by molar-refractivity contribution is -0.0977. The number of fused-ring (bicyclic) bond motifs is 2. The molecule has 3 saturated heterocycles. The number of epoxide rings is 1. The van der Waals surface area contributed by atoms with E-state index in [-0.39, 0.29) is 24.4 Å². The fourth-order valence-electron chi connectivity index (χ4n) is 3.49. The smallest absolute Gasteiger partial charge is 0.410 e. The summed E-state index contributed by atoms with van der Waals surface area (Å²) in [6.45, 7) is 4.55. The van der Waals surface area contributed by atoms with Crippen molar-refractivity contribution in [2.75, 3.05) is 39.4 Å². The van der Waals surface area contributed by atoms with Gasteiger partial charge in [0.1, 0.15) is 25.1 Å². The maximum Gasteiger partial charge on any atom is 0.410 e. The average molecular weight is 437 g/mol. The van der Waals surface area contributed by atoms with E-state index < -0.39 is 0 Å². The number of hydrogen-bond donors (Lipinski definition) is 1. The van der Waals surface area contributed by atoms with Crippen molar-refractivity contribution in [1.82, 2.24) is 10.2 Å². The molecule has 0 radical (unpaired) electrons. The SMILES string of the molecule is N#Cc1ccc(OC[C@@H]2CO2)cc1.O=C(OCc1ccccc1)N1CC2CNCC(C1)O2. The molecule has 3 fully saturated rings. The Bertz CT molecular complexity index is 899. The maximum absolute atomic E-state index is 12.0. The first-order valence-corrected chi connectivity index (χ1v) is 10.8. The van der Waals surface area contributed by atoms with Crippen molar-refractivity contribution in [3.8, 4) is 11.8 Å². The number of nitriles is 1. The molecule has 8 nitrogen and oxygen atoms in total. The normalized spacial score (nSPS) is 23.2. The van der Waals surface area contributed by atoms with Crippen LogP contribution in [0.1, 0.15) is 11.1 Å². The minimum absolute atomic E-state index is 0.0942. The molecule has 1 amide bonds.